The molecule has 0 aromatic heterocycles. The maximum Gasteiger partial charge on any atom is 0.410 e. The number of amidine groups is 1. The van der Waals surface area contributed by atoms with Gasteiger partial charge in [-0.15, -0.1) is 0 Å². The van der Waals surface area contributed by atoms with Gasteiger partial charge in [-0.3, -0.25) is 14.7 Å². The highest BCUT2D eigenvalue weighted by atomic mass is 35.5. The van der Waals surface area contributed by atoms with Crippen LogP contribution in [-0.4, -0.2) is 72.5 Å². The molecule has 3 aliphatic heterocycles. The first-order valence-electron chi connectivity index (χ1n) is 11.8. The summed E-state index contributed by atoms with van der Waals surface area (Å²) in [5, 5.41) is 10.3. The Morgan fingerprint density at radius 1 is 1.09 bits per heavy atom. The highest BCUT2D eigenvalue weighted by Gasteiger charge is 2.42. The Kier molecular flexibility index (Phi) is 7.31. The van der Waals surface area contributed by atoms with Crippen LogP contribution in [0.1, 0.15) is 46.5 Å². The Labute approximate surface area is 211 Å². The fourth-order valence-corrected chi connectivity index (χ4v) is 5.13. The first kappa shape index (κ1) is 25.1. The summed E-state index contributed by atoms with van der Waals surface area (Å²) in [5.41, 5.74) is 0.540. The second-order valence-corrected chi connectivity index (χ2v) is 11.3. The van der Waals surface area contributed by atoms with Crippen LogP contribution < -0.4 is 10.3 Å². The zero-order chi connectivity index (χ0) is 24.5. The van der Waals surface area contributed by atoms with Crippen molar-refractivity contribution < 1.29 is 14.3 Å². The normalized spacial score (nSPS) is 20.6. The number of carbonyl (C=O) groups excluding carboxylic acids is 2. The first-order chi connectivity index (χ1) is 16.0. The predicted octanol–water partition coefficient (Wildman–Crippen LogP) is 4.36. The topological polar surface area (TPSA) is 77.5 Å². The number of halogens is 2. The molecule has 4 rings (SSSR count). The van der Waals surface area contributed by atoms with Crippen molar-refractivity contribution in [3.63, 3.8) is 0 Å². The van der Waals surface area contributed by atoms with Gasteiger partial charge in [-0.1, -0.05) is 23.2 Å². The largest absolute Gasteiger partial charge is 0.444 e. The van der Waals surface area contributed by atoms with Gasteiger partial charge < -0.3 is 15.0 Å². The van der Waals surface area contributed by atoms with Gasteiger partial charge in [0, 0.05) is 32.6 Å². The molecule has 8 nitrogen and oxygen atoms in total. The fraction of sp³-hybridized carbons (Fsp3) is 0.625. The van der Waals surface area contributed by atoms with Crippen LogP contribution >= 0.6 is 23.2 Å². The smallest absolute Gasteiger partial charge is 0.410 e. The average Bonchev–Trinajstić information content (AvgIpc) is 3.36. The molecule has 1 aromatic carbocycles. The lowest BCUT2D eigenvalue weighted by molar-refractivity contribution is -0.120. The van der Waals surface area contributed by atoms with Gasteiger partial charge in [0.2, 0.25) is 5.91 Å². The highest BCUT2D eigenvalue weighted by molar-refractivity contribution is 6.42. The molecule has 0 atom stereocenters. The number of rotatable bonds is 3. The van der Waals surface area contributed by atoms with Gasteiger partial charge >= 0.3 is 6.09 Å². The van der Waals surface area contributed by atoms with Crippen molar-refractivity contribution in [1.29, 1.82) is 0 Å². The van der Waals surface area contributed by atoms with Crippen LogP contribution in [0.15, 0.2) is 23.3 Å². The van der Waals surface area contributed by atoms with E-state index >= 15 is 0 Å². The van der Waals surface area contributed by atoms with E-state index < -0.39 is 5.60 Å². The van der Waals surface area contributed by atoms with Crippen LogP contribution in [0.3, 0.4) is 0 Å². The Balaban J connectivity index is 1.24. The molecule has 34 heavy (non-hydrogen) atoms. The van der Waals surface area contributed by atoms with Crippen molar-refractivity contribution >= 4 is 46.7 Å². The molecule has 2 amide bonds. The predicted molar refractivity (Wildman–Crippen MR) is 135 cm³/mol. The molecule has 186 valence electrons. The lowest BCUT2D eigenvalue weighted by Gasteiger charge is -2.39. The van der Waals surface area contributed by atoms with Crippen LogP contribution in [0, 0.1) is 5.41 Å². The van der Waals surface area contributed by atoms with E-state index in [1.165, 1.54) is 0 Å². The Morgan fingerprint density at radius 2 is 1.79 bits per heavy atom. The number of ether oxygens (including phenoxy) is 1. The molecule has 1 spiro atoms. The standard InChI is InChI=1S/C24H33Cl2N5O3/c1-23(2,3)34-22(33)30-12-8-24(9-13-30)7-11-29(16-24)15-21(32)27-20-6-10-31(28-20)17-4-5-18(25)19(26)14-17/h4-5,14H,6-13,15-16H2,1-3H3,(H,27,28,32). The van der Waals surface area contributed by atoms with E-state index in [-0.39, 0.29) is 17.4 Å². The van der Waals surface area contributed by atoms with Crippen molar-refractivity contribution in [2.24, 2.45) is 10.5 Å². The minimum Gasteiger partial charge on any atom is -0.444 e. The number of benzene rings is 1. The van der Waals surface area contributed by atoms with Gasteiger partial charge in [0.15, 0.2) is 0 Å². The molecule has 0 radical (unpaired) electrons. The summed E-state index contributed by atoms with van der Waals surface area (Å²) in [7, 11) is 0. The molecule has 10 heteroatoms. The molecular weight excluding hydrogens is 477 g/mol. The first-order valence-corrected chi connectivity index (χ1v) is 12.6. The van der Waals surface area contributed by atoms with Crippen LogP contribution in [0.25, 0.3) is 0 Å². The minimum absolute atomic E-state index is 0.0435. The number of piperidine rings is 1. The van der Waals surface area contributed by atoms with E-state index in [9.17, 15) is 9.59 Å². The Morgan fingerprint density at radius 3 is 2.47 bits per heavy atom. The van der Waals surface area contributed by atoms with Crippen LogP contribution in [0.5, 0.6) is 0 Å². The number of hydrazone groups is 1. The van der Waals surface area contributed by atoms with Crippen LogP contribution in [0.2, 0.25) is 10.0 Å². The summed E-state index contributed by atoms with van der Waals surface area (Å²) >= 11 is 12.1. The molecule has 0 unspecified atom stereocenters. The third-order valence-electron chi connectivity index (χ3n) is 6.65. The van der Waals surface area contributed by atoms with Crippen molar-refractivity contribution in [3.8, 4) is 0 Å². The Bertz CT molecular complexity index is 970. The van der Waals surface area contributed by atoms with Gasteiger partial charge in [0.05, 0.1) is 22.3 Å². The van der Waals surface area contributed by atoms with E-state index in [4.69, 9.17) is 27.9 Å². The Hall–Kier alpha value is -2.03. The third kappa shape index (κ3) is 6.15. The molecule has 1 aromatic rings. The van der Waals surface area contributed by atoms with Gasteiger partial charge in [0.1, 0.15) is 11.4 Å². The molecule has 3 heterocycles. The quantitative estimate of drug-likeness (QED) is 0.654. The highest BCUT2D eigenvalue weighted by Crippen LogP contribution is 2.40. The molecule has 0 saturated carbocycles. The molecule has 0 aliphatic carbocycles. The van der Waals surface area contributed by atoms with Gasteiger partial charge in [0.25, 0.3) is 0 Å². The fourth-order valence-electron chi connectivity index (χ4n) is 4.84. The van der Waals surface area contributed by atoms with E-state index in [1.807, 2.05) is 36.7 Å². The SMILES string of the molecule is CC(C)(C)OC(=O)N1CCC2(CCN(CC(=O)NC3=NN(c4ccc(Cl)c(Cl)c4)CC3)C2)CC1. The summed E-state index contributed by atoms with van der Waals surface area (Å²) in [6.07, 6.45) is 3.36. The zero-order valence-electron chi connectivity index (χ0n) is 20.1. The van der Waals surface area contributed by atoms with Crippen LogP contribution in [0.4, 0.5) is 10.5 Å². The maximum absolute atomic E-state index is 12.7. The summed E-state index contributed by atoms with van der Waals surface area (Å²) in [6, 6.07) is 5.38. The number of likely N-dealkylation sites (tertiary alicyclic amines) is 2. The second-order valence-electron chi connectivity index (χ2n) is 10.5. The number of nitrogens with one attached hydrogen (secondary N) is 1. The number of amides is 2. The van der Waals surface area contributed by atoms with Crippen LogP contribution in [-0.2, 0) is 9.53 Å². The van der Waals surface area contributed by atoms with Crippen molar-refractivity contribution in [3.05, 3.63) is 28.2 Å². The van der Waals surface area contributed by atoms with E-state index in [0.717, 1.165) is 38.0 Å². The molecule has 1 N–H and O–H groups in total. The number of carbonyl (C=O) groups is 2. The van der Waals surface area contributed by atoms with E-state index in [0.29, 0.717) is 48.5 Å². The lowest BCUT2D eigenvalue weighted by atomic mass is 9.78. The monoisotopic (exact) mass is 509 g/mol. The zero-order valence-corrected chi connectivity index (χ0v) is 21.6. The molecule has 0 bridgehead atoms. The summed E-state index contributed by atoms with van der Waals surface area (Å²) in [5.74, 6) is 0.619. The second kappa shape index (κ2) is 9.91. The lowest BCUT2D eigenvalue weighted by Crippen LogP contribution is -2.46. The maximum atomic E-state index is 12.7. The van der Waals surface area contributed by atoms with Gasteiger partial charge in [-0.05, 0) is 70.2 Å². The van der Waals surface area contributed by atoms with Crippen molar-refractivity contribution in [1.82, 2.24) is 15.1 Å². The number of nitrogens with zero attached hydrogens (tertiary/aromatic N) is 4. The van der Waals surface area contributed by atoms with E-state index in [1.54, 1.807) is 12.1 Å². The van der Waals surface area contributed by atoms with Gasteiger partial charge in [-0.25, -0.2) is 4.79 Å². The minimum atomic E-state index is -0.480. The summed E-state index contributed by atoms with van der Waals surface area (Å²) < 4.78 is 5.51. The number of hydrogen-bond acceptors (Lipinski definition) is 6. The molecule has 2 saturated heterocycles. The average molecular weight is 510 g/mol. The molecule has 2 fully saturated rings. The summed E-state index contributed by atoms with van der Waals surface area (Å²) in [4.78, 5) is 29.1. The van der Waals surface area contributed by atoms with Crippen molar-refractivity contribution in [2.75, 3.05) is 44.3 Å². The van der Waals surface area contributed by atoms with E-state index in [2.05, 4.69) is 15.3 Å². The van der Waals surface area contributed by atoms with Gasteiger partial charge in [-0.2, -0.15) is 5.10 Å². The summed E-state index contributed by atoms with van der Waals surface area (Å²) in [6.45, 7) is 9.87. The third-order valence-corrected chi connectivity index (χ3v) is 7.39. The van der Waals surface area contributed by atoms with Crippen molar-refractivity contribution in [2.45, 2.75) is 52.1 Å². The number of anilines is 1. The molecular formula is C24H33Cl2N5O3. The molecule has 3 aliphatic rings. The number of hydrogen-bond donors (Lipinski definition) is 1.